The maximum atomic E-state index is 14.7. The zero-order chi connectivity index (χ0) is 24.6. The number of benzene rings is 2. The molecular formula is C24H19F2N3O3S2. The number of nitrogens with zero attached hydrogens (tertiary/aromatic N) is 2. The normalized spacial score (nSPS) is 11.4. The highest BCUT2D eigenvalue weighted by atomic mass is 32.1. The molecule has 0 spiro atoms. The number of aromatic nitrogens is 1. The Hall–Kier alpha value is -3.50. The molecule has 10 heteroatoms. The first-order valence-electron chi connectivity index (χ1n) is 10.2. The van der Waals surface area contributed by atoms with Gasteiger partial charge in [0.25, 0.3) is 5.91 Å². The lowest BCUT2D eigenvalue weighted by atomic mass is 9.86. The molecule has 0 saturated carbocycles. The van der Waals surface area contributed by atoms with E-state index >= 15 is 0 Å². The minimum atomic E-state index is -0.747. The van der Waals surface area contributed by atoms with Gasteiger partial charge in [-0.15, -0.1) is 0 Å². The number of thiophene rings is 1. The minimum absolute atomic E-state index is 0.0606. The molecule has 4 aromatic rings. The topological polar surface area (TPSA) is 85.1 Å². The lowest BCUT2D eigenvalue weighted by molar-refractivity contribution is -0.380. The number of halogens is 2. The van der Waals surface area contributed by atoms with Crippen LogP contribution in [-0.4, -0.2) is 15.8 Å². The van der Waals surface area contributed by atoms with Crippen molar-refractivity contribution < 1.29 is 18.5 Å². The van der Waals surface area contributed by atoms with Gasteiger partial charge in [-0.25, -0.2) is 13.8 Å². The van der Waals surface area contributed by atoms with E-state index < -0.39 is 22.5 Å². The summed E-state index contributed by atoms with van der Waals surface area (Å²) in [6.07, 6.45) is 0. The molecule has 0 aliphatic carbocycles. The van der Waals surface area contributed by atoms with Gasteiger partial charge in [-0.1, -0.05) is 67.7 Å². The Bertz CT molecular complexity index is 1390. The minimum Gasteiger partial charge on any atom is -0.297 e. The van der Waals surface area contributed by atoms with Crippen LogP contribution in [0.2, 0.25) is 0 Å². The summed E-state index contributed by atoms with van der Waals surface area (Å²) in [4.78, 5) is 28.1. The molecule has 174 valence electrons. The molecule has 0 aliphatic heterocycles. The second kappa shape index (κ2) is 9.03. The van der Waals surface area contributed by atoms with Gasteiger partial charge in [-0.3, -0.25) is 20.2 Å². The highest BCUT2D eigenvalue weighted by Crippen LogP contribution is 2.41. The molecule has 0 atom stereocenters. The zero-order valence-corrected chi connectivity index (χ0v) is 20.0. The molecule has 0 unspecified atom stereocenters. The monoisotopic (exact) mass is 499 g/mol. The summed E-state index contributed by atoms with van der Waals surface area (Å²) in [6, 6.07) is 13.6. The van der Waals surface area contributed by atoms with Gasteiger partial charge in [0.05, 0.1) is 20.4 Å². The molecule has 34 heavy (non-hydrogen) atoms. The molecule has 0 saturated heterocycles. The van der Waals surface area contributed by atoms with Crippen molar-refractivity contribution in [3.63, 3.8) is 0 Å². The lowest BCUT2D eigenvalue weighted by Gasteiger charge is -2.19. The van der Waals surface area contributed by atoms with Crippen molar-refractivity contribution in [1.82, 2.24) is 4.98 Å². The predicted octanol–water partition coefficient (Wildman–Crippen LogP) is 7.27. The van der Waals surface area contributed by atoms with Crippen molar-refractivity contribution in [2.75, 3.05) is 5.32 Å². The summed E-state index contributed by atoms with van der Waals surface area (Å²) in [5.41, 5.74) is 2.34. The zero-order valence-electron chi connectivity index (χ0n) is 18.4. The summed E-state index contributed by atoms with van der Waals surface area (Å²) in [5, 5.41) is 13.6. The third kappa shape index (κ3) is 4.87. The van der Waals surface area contributed by atoms with E-state index in [1.54, 1.807) is 0 Å². The predicted molar refractivity (Wildman–Crippen MR) is 131 cm³/mol. The van der Waals surface area contributed by atoms with Crippen molar-refractivity contribution in [2.24, 2.45) is 0 Å². The number of anilines is 1. The van der Waals surface area contributed by atoms with E-state index in [4.69, 9.17) is 0 Å². The quantitative estimate of drug-likeness (QED) is 0.231. The van der Waals surface area contributed by atoms with Crippen molar-refractivity contribution in [3.05, 3.63) is 86.8 Å². The van der Waals surface area contributed by atoms with Crippen LogP contribution >= 0.6 is 22.7 Å². The number of hydrogen-bond acceptors (Lipinski definition) is 6. The molecule has 2 aromatic heterocycles. The third-order valence-corrected chi connectivity index (χ3v) is 7.08. The summed E-state index contributed by atoms with van der Waals surface area (Å²) in [5.74, 6) is -2.01. The molecule has 0 fully saturated rings. The third-order valence-electron chi connectivity index (χ3n) is 5.04. The number of rotatable bonds is 5. The Balaban J connectivity index is 1.75. The SMILES string of the molecule is CC(C)(C)c1ccc(-c2nc(NC(=O)c3ccc([N+](=O)[O-])s3)sc2-c2ccc(F)cc2F)cc1. The Kier molecular flexibility index (Phi) is 6.28. The smallest absolute Gasteiger partial charge is 0.297 e. The molecule has 6 nitrogen and oxygen atoms in total. The highest BCUT2D eigenvalue weighted by molar-refractivity contribution is 7.20. The van der Waals surface area contributed by atoms with Crippen LogP contribution in [0.5, 0.6) is 0 Å². The summed E-state index contributed by atoms with van der Waals surface area (Å²) in [7, 11) is 0. The first-order valence-corrected chi connectivity index (χ1v) is 11.8. The number of carbonyl (C=O) groups excluding carboxylic acids is 1. The van der Waals surface area contributed by atoms with Crippen LogP contribution in [-0.2, 0) is 5.41 Å². The van der Waals surface area contributed by atoms with Crippen LogP contribution in [0.1, 0.15) is 36.0 Å². The Labute approximate surface area is 202 Å². The van der Waals surface area contributed by atoms with Crippen molar-refractivity contribution in [1.29, 1.82) is 0 Å². The molecule has 2 heterocycles. The molecule has 0 radical (unpaired) electrons. The number of amides is 1. The van der Waals surface area contributed by atoms with Gasteiger partial charge in [0.2, 0.25) is 0 Å². The molecule has 2 aromatic carbocycles. The largest absolute Gasteiger partial charge is 0.324 e. The van der Waals surface area contributed by atoms with Gasteiger partial charge in [0, 0.05) is 23.3 Å². The van der Waals surface area contributed by atoms with Gasteiger partial charge in [-0.05, 0) is 29.2 Å². The van der Waals surface area contributed by atoms with Gasteiger partial charge in [0.1, 0.15) is 11.6 Å². The maximum Gasteiger partial charge on any atom is 0.324 e. The number of hydrogen-bond donors (Lipinski definition) is 1. The fourth-order valence-corrected chi connectivity index (χ4v) is 4.99. The Morgan fingerprint density at radius 2 is 1.74 bits per heavy atom. The van der Waals surface area contributed by atoms with Gasteiger partial charge in [0.15, 0.2) is 5.13 Å². The van der Waals surface area contributed by atoms with Crippen LogP contribution < -0.4 is 5.32 Å². The van der Waals surface area contributed by atoms with Crippen LogP contribution in [0, 0.1) is 21.7 Å². The molecule has 4 rings (SSSR count). The summed E-state index contributed by atoms with van der Waals surface area (Å²) < 4.78 is 28.2. The Morgan fingerprint density at radius 1 is 1.03 bits per heavy atom. The maximum absolute atomic E-state index is 14.7. The van der Waals surface area contributed by atoms with E-state index in [-0.39, 0.29) is 26.0 Å². The van der Waals surface area contributed by atoms with Crippen LogP contribution in [0.4, 0.5) is 18.9 Å². The fraction of sp³-hybridized carbons (Fsp3) is 0.167. The number of thiazole rings is 1. The van der Waals surface area contributed by atoms with Crippen molar-refractivity contribution in [3.8, 4) is 21.7 Å². The van der Waals surface area contributed by atoms with E-state index in [9.17, 15) is 23.7 Å². The Morgan fingerprint density at radius 3 is 2.32 bits per heavy atom. The fourth-order valence-electron chi connectivity index (χ4n) is 3.26. The average molecular weight is 500 g/mol. The van der Waals surface area contributed by atoms with Gasteiger partial charge in [-0.2, -0.15) is 0 Å². The van der Waals surface area contributed by atoms with Crippen LogP contribution in [0.15, 0.2) is 54.6 Å². The van der Waals surface area contributed by atoms with E-state index in [0.717, 1.165) is 40.4 Å². The number of nitro groups is 1. The molecule has 0 aliphatic rings. The first-order chi connectivity index (χ1) is 16.0. The first kappa shape index (κ1) is 23.7. The van der Waals surface area contributed by atoms with Crippen LogP contribution in [0.25, 0.3) is 21.7 Å². The molecule has 1 amide bonds. The summed E-state index contributed by atoms with van der Waals surface area (Å²) in [6.45, 7) is 6.27. The second-order valence-electron chi connectivity index (χ2n) is 8.50. The standard InChI is InChI=1S/C24H19F2N3O3S2/c1-24(2,3)14-6-4-13(5-7-14)20-21(16-9-8-15(25)12-17(16)26)34-23(27-20)28-22(30)18-10-11-19(33-18)29(31)32/h4-12H,1-3H3,(H,27,28,30). The molecule has 0 bridgehead atoms. The lowest BCUT2D eigenvalue weighted by Crippen LogP contribution is -2.10. The van der Waals surface area contributed by atoms with Gasteiger partial charge >= 0.3 is 5.00 Å². The van der Waals surface area contributed by atoms with E-state index in [1.165, 1.54) is 18.2 Å². The van der Waals surface area contributed by atoms with Crippen molar-refractivity contribution in [2.45, 2.75) is 26.2 Å². The van der Waals surface area contributed by atoms with Gasteiger partial charge < -0.3 is 0 Å². The number of nitrogens with one attached hydrogen (secondary N) is 1. The highest BCUT2D eigenvalue weighted by Gasteiger charge is 2.22. The molecular weight excluding hydrogens is 480 g/mol. The van der Waals surface area contributed by atoms with E-state index in [0.29, 0.717) is 16.1 Å². The van der Waals surface area contributed by atoms with E-state index in [2.05, 4.69) is 31.1 Å². The number of carbonyl (C=O) groups is 1. The molecule has 1 N–H and O–H groups in total. The van der Waals surface area contributed by atoms with E-state index in [1.807, 2.05) is 24.3 Å². The second-order valence-corrected chi connectivity index (χ2v) is 10.6. The van der Waals surface area contributed by atoms with Crippen molar-refractivity contribution >= 4 is 38.7 Å². The summed E-state index contributed by atoms with van der Waals surface area (Å²) >= 11 is 1.78. The average Bonchev–Trinajstić information content (AvgIpc) is 3.41. The van der Waals surface area contributed by atoms with Crippen LogP contribution in [0.3, 0.4) is 0 Å².